The SMILES string of the molecule is C[C@H](NC(=O)c1cc(Cl)cc(C(F)(F)F)c1)c1ncnn1-c1ccc(C(=O)N2CCS(=O)(=O)CC2)cn1. The van der Waals surface area contributed by atoms with Crippen LogP contribution in [0, 0.1) is 0 Å². The van der Waals surface area contributed by atoms with Crippen LogP contribution in [0.25, 0.3) is 5.82 Å². The molecule has 1 N–H and O–H groups in total. The van der Waals surface area contributed by atoms with E-state index in [-0.39, 0.29) is 58.3 Å². The first-order valence-electron chi connectivity index (χ1n) is 10.9. The van der Waals surface area contributed by atoms with Crippen LogP contribution in [0.15, 0.2) is 42.9 Å². The minimum atomic E-state index is -4.67. The normalized spacial score (nSPS) is 16.3. The lowest BCUT2D eigenvalue weighted by molar-refractivity contribution is -0.137. The minimum Gasteiger partial charge on any atom is -0.342 e. The number of amides is 2. The van der Waals surface area contributed by atoms with Crippen LogP contribution in [-0.4, -0.2) is 69.5 Å². The maximum absolute atomic E-state index is 13.1. The predicted octanol–water partition coefficient (Wildman–Crippen LogP) is 2.70. The number of rotatable bonds is 5. The zero-order valence-electron chi connectivity index (χ0n) is 19.2. The number of nitrogens with zero attached hydrogens (tertiary/aromatic N) is 5. The van der Waals surface area contributed by atoms with Gasteiger partial charge in [-0.2, -0.15) is 23.0 Å². The summed E-state index contributed by atoms with van der Waals surface area (Å²) in [5.74, 6) is -0.834. The van der Waals surface area contributed by atoms with Crippen LogP contribution in [0.2, 0.25) is 5.02 Å². The Morgan fingerprint density at radius 2 is 1.78 bits per heavy atom. The van der Waals surface area contributed by atoms with Gasteiger partial charge in [-0.05, 0) is 37.3 Å². The van der Waals surface area contributed by atoms with E-state index in [1.807, 2.05) is 0 Å². The average molecular weight is 557 g/mol. The third kappa shape index (κ3) is 6.07. The molecule has 0 spiro atoms. The molecular weight excluding hydrogens is 537 g/mol. The van der Waals surface area contributed by atoms with E-state index in [9.17, 15) is 31.2 Å². The summed E-state index contributed by atoms with van der Waals surface area (Å²) in [6, 6.07) is 4.78. The van der Waals surface area contributed by atoms with Gasteiger partial charge in [0.15, 0.2) is 21.5 Å². The fraction of sp³-hybridized carbons (Fsp3) is 0.318. The standard InChI is InChI=1S/C22H20ClF3N6O4S/c1-13(30-20(33)15-8-16(22(24,25)26)10-17(23)9-15)19-28-12-29-32(19)18-3-2-14(11-27-18)21(34)31-4-6-37(35,36)7-5-31/h2-3,8-13H,4-7H2,1H3,(H,30,33)/t13-/m0/s1. The monoisotopic (exact) mass is 556 g/mol. The molecule has 3 aromatic rings. The van der Waals surface area contributed by atoms with Gasteiger partial charge < -0.3 is 10.2 Å². The van der Waals surface area contributed by atoms with E-state index in [1.54, 1.807) is 6.92 Å². The van der Waals surface area contributed by atoms with Crippen molar-refractivity contribution in [3.63, 3.8) is 0 Å². The first-order chi connectivity index (χ1) is 17.3. The van der Waals surface area contributed by atoms with E-state index in [0.717, 1.165) is 12.1 Å². The summed E-state index contributed by atoms with van der Waals surface area (Å²) in [6.07, 6.45) is -2.13. The van der Waals surface area contributed by atoms with Crippen molar-refractivity contribution in [1.29, 1.82) is 0 Å². The van der Waals surface area contributed by atoms with Crippen LogP contribution in [0.1, 0.15) is 45.1 Å². The summed E-state index contributed by atoms with van der Waals surface area (Å²) in [7, 11) is -3.13. The van der Waals surface area contributed by atoms with Gasteiger partial charge in [0.25, 0.3) is 11.8 Å². The Hall–Kier alpha value is -3.52. The number of hydrogen-bond acceptors (Lipinski definition) is 7. The highest BCUT2D eigenvalue weighted by Gasteiger charge is 2.32. The van der Waals surface area contributed by atoms with Crippen molar-refractivity contribution in [2.45, 2.75) is 19.1 Å². The quantitative estimate of drug-likeness (QED) is 0.512. The topological polar surface area (TPSA) is 127 Å². The third-order valence-electron chi connectivity index (χ3n) is 5.64. The number of halogens is 4. The largest absolute Gasteiger partial charge is 0.416 e. The molecule has 3 heterocycles. The van der Waals surface area contributed by atoms with Crippen molar-refractivity contribution in [3.05, 3.63) is 70.4 Å². The molecule has 2 aromatic heterocycles. The summed E-state index contributed by atoms with van der Waals surface area (Å²) in [5.41, 5.74) is -1.07. The molecule has 0 unspecified atom stereocenters. The van der Waals surface area contributed by atoms with E-state index in [2.05, 4.69) is 20.4 Å². The second-order valence-electron chi connectivity index (χ2n) is 8.30. The Morgan fingerprint density at radius 1 is 1.08 bits per heavy atom. The molecule has 4 rings (SSSR count). The van der Waals surface area contributed by atoms with E-state index >= 15 is 0 Å². The van der Waals surface area contributed by atoms with Gasteiger partial charge in [-0.3, -0.25) is 9.59 Å². The zero-order valence-corrected chi connectivity index (χ0v) is 20.8. The summed E-state index contributed by atoms with van der Waals surface area (Å²) in [6.45, 7) is 1.77. The summed E-state index contributed by atoms with van der Waals surface area (Å²) in [5, 5.41) is 6.42. The van der Waals surface area contributed by atoms with Gasteiger partial charge in [-0.15, -0.1) is 0 Å². The maximum Gasteiger partial charge on any atom is 0.416 e. The number of sulfone groups is 1. The molecule has 1 aromatic carbocycles. The number of nitrogens with one attached hydrogen (secondary N) is 1. The molecule has 2 amide bonds. The molecule has 0 saturated carbocycles. The number of hydrogen-bond donors (Lipinski definition) is 1. The highest BCUT2D eigenvalue weighted by Crippen LogP contribution is 2.32. The lowest BCUT2D eigenvalue weighted by Crippen LogP contribution is -2.43. The van der Waals surface area contributed by atoms with Crippen LogP contribution in [0.5, 0.6) is 0 Å². The molecule has 0 radical (unpaired) electrons. The van der Waals surface area contributed by atoms with Crippen LogP contribution < -0.4 is 5.32 Å². The number of carbonyl (C=O) groups excluding carboxylic acids is 2. The zero-order chi connectivity index (χ0) is 27.0. The molecule has 1 atom stereocenters. The van der Waals surface area contributed by atoms with Gasteiger partial charge in [-0.25, -0.2) is 18.4 Å². The number of pyridine rings is 1. The summed E-state index contributed by atoms with van der Waals surface area (Å²) in [4.78, 5) is 35.1. The predicted molar refractivity (Wildman–Crippen MR) is 126 cm³/mol. The van der Waals surface area contributed by atoms with Gasteiger partial charge >= 0.3 is 6.18 Å². The summed E-state index contributed by atoms with van der Waals surface area (Å²) >= 11 is 5.77. The van der Waals surface area contributed by atoms with Gasteiger partial charge in [0.05, 0.1) is 28.7 Å². The Bertz CT molecular complexity index is 1430. The maximum atomic E-state index is 13.1. The lowest BCUT2D eigenvalue weighted by atomic mass is 10.1. The molecule has 37 heavy (non-hydrogen) atoms. The van der Waals surface area contributed by atoms with Crippen molar-refractivity contribution in [2.75, 3.05) is 24.6 Å². The molecule has 0 aliphatic carbocycles. The summed E-state index contributed by atoms with van der Waals surface area (Å²) < 4.78 is 63.8. The van der Waals surface area contributed by atoms with Crippen molar-refractivity contribution < 1.29 is 31.2 Å². The van der Waals surface area contributed by atoms with Crippen LogP contribution >= 0.6 is 11.6 Å². The molecular formula is C22H20ClF3N6O4S. The molecule has 1 aliphatic heterocycles. The van der Waals surface area contributed by atoms with Gasteiger partial charge in [0.2, 0.25) is 0 Å². The van der Waals surface area contributed by atoms with Crippen LogP contribution in [0.3, 0.4) is 0 Å². The number of aromatic nitrogens is 4. The van der Waals surface area contributed by atoms with Gasteiger partial charge in [-0.1, -0.05) is 11.6 Å². The third-order valence-corrected chi connectivity index (χ3v) is 7.47. The van der Waals surface area contributed by atoms with Crippen LogP contribution in [-0.2, 0) is 16.0 Å². The molecule has 1 fully saturated rings. The van der Waals surface area contributed by atoms with Gasteiger partial charge in [0, 0.05) is 29.9 Å². The Morgan fingerprint density at radius 3 is 2.41 bits per heavy atom. The van der Waals surface area contributed by atoms with Crippen molar-refractivity contribution in [1.82, 2.24) is 30.0 Å². The average Bonchev–Trinajstić information content (AvgIpc) is 3.33. The lowest BCUT2D eigenvalue weighted by Gasteiger charge is -2.26. The molecule has 1 aliphatic rings. The highest BCUT2D eigenvalue weighted by atomic mass is 35.5. The van der Waals surface area contributed by atoms with E-state index in [0.29, 0.717) is 6.07 Å². The Labute approximate surface area is 214 Å². The number of carbonyl (C=O) groups is 2. The van der Waals surface area contributed by atoms with Gasteiger partial charge in [0.1, 0.15) is 6.33 Å². The van der Waals surface area contributed by atoms with Crippen LogP contribution in [0.4, 0.5) is 13.2 Å². The molecule has 10 nitrogen and oxygen atoms in total. The smallest absolute Gasteiger partial charge is 0.342 e. The second kappa shape index (κ2) is 10.1. The Kier molecular flexibility index (Phi) is 7.24. The first-order valence-corrected chi connectivity index (χ1v) is 13.1. The molecule has 1 saturated heterocycles. The number of benzene rings is 1. The van der Waals surface area contributed by atoms with Crippen molar-refractivity contribution >= 4 is 33.3 Å². The fourth-order valence-corrected chi connectivity index (χ4v) is 5.12. The van der Waals surface area contributed by atoms with E-state index < -0.39 is 33.5 Å². The van der Waals surface area contributed by atoms with E-state index in [4.69, 9.17) is 11.6 Å². The second-order valence-corrected chi connectivity index (χ2v) is 11.0. The van der Waals surface area contributed by atoms with Crippen molar-refractivity contribution in [2.24, 2.45) is 0 Å². The molecule has 0 bridgehead atoms. The van der Waals surface area contributed by atoms with E-state index in [1.165, 1.54) is 34.2 Å². The molecule has 196 valence electrons. The minimum absolute atomic E-state index is 0.0944. The number of alkyl halides is 3. The Balaban J connectivity index is 1.48. The fourth-order valence-electron chi connectivity index (χ4n) is 3.69. The first kappa shape index (κ1) is 26.5. The highest BCUT2D eigenvalue weighted by molar-refractivity contribution is 7.91. The van der Waals surface area contributed by atoms with Crippen molar-refractivity contribution in [3.8, 4) is 5.82 Å². The molecule has 15 heteroatoms.